The van der Waals surface area contributed by atoms with Crippen LogP contribution in [-0.2, 0) is 11.3 Å². The van der Waals surface area contributed by atoms with Crippen molar-refractivity contribution in [1.82, 2.24) is 10.1 Å². The van der Waals surface area contributed by atoms with E-state index in [4.69, 9.17) is 19.0 Å². The number of piperidine rings is 1. The van der Waals surface area contributed by atoms with Crippen molar-refractivity contribution in [2.24, 2.45) is 0 Å². The summed E-state index contributed by atoms with van der Waals surface area (Å²) in [6, 6.07) is 9.45. The van der Waals surface area contributed by atoms with Crippen molar-refractivity contribution in [3.63, 3.8) is 0 Å². The molecule has 4 heterocycles. The van der Waals surface area contributed by atoms with Gasteiger partial charge in [-0.1, -0.05) is 28.6 Å². The average Bonchev–Trinajstić information content (AvgIpc) is 3.48. The van der Waals surface area contributed by atoms with Gasteiger partial charge in [-0.25, -0.2) is 9.78 Å². The standard InChI is InChI=1S/C30H28F3N3O6S/c1-39-23-10-16(28(37)38)11-24-26(23)34-29(43-24)36-17-8-9-18(36)13-19(12-17)40-14-21-25(35-42-27(21)15-6-7-15)20-4-2-3-5-22(20)41-30(31,32)33/h2-5,10-11,15,17-19H,6-9,12-14H2,1H3,(H,37,38)/t17-,18+,19-. The van der Waals surface area contributed by atoms with Crippen molar-refractivity contribution in [3.8, 4) is 22.8 Å². The molecule has 2 aliphatic heterocycles. The van der Waals surface area contributed by atoms with Crippen LogP contribution in [-0.4, -0.2) is 52.9 Å². The molecule has 2 aromatic heterocycles. The molecule has 43 heavy (non-hydrogen) atoms. The molecular weight excluding hydrogens is 587 g/mol. The van der Waals surface area contributed by atoms with Crippen molar-refractivity contribution >= 4 is 32.7 Å². The first kappa shape index (κ1) is 28.0. The molecule has 9 nitrogen and oxygen atoms in total. The summed E-state index contributed by atoms with van der Waals surface area (Å²) in [5, 5.41) is 14.5. The number of nitrogens with zero attached hydrogens (tertiary/aromatic N) is 3. The molecule has 7 rings (SSSR count). The highest BCUT2D eigenvalue weighted by Gasteiger charge is 2.43. The molecule has 3 atom stereocenters. The Morgan fingerprint density at radius 3 is 2.53 bits per heavy atom. The minimum absolute atomic E-state index is 0.0623. The summed E-state index contributed by atoms with van der Waals surface area (Å²) in [7, 11) is 1.50. The zero-order valence-corrected chi connectivity index (χ0v) is 23.9. The summed E-state index contributed by atoms with van der Waals surface area (Å²) in [5.41, 5.74) is 1.99. The molecule has 1 aliphatic carbocycles. The van der Waals surface area contributed by atoms with Crippen molar-refractivity contribution in [1.29, 1.82) is 0 Å². The van der Waals surface area contributed by atoms with Crippen LogP contribution in [0.2, 0.25) is 0 Å². The fourth-order valence-electron chi connectivity index (χ4n) is 6.37. The molecule has 3 fully saturated rings. The minimum Gasteiger partial charge on any atom is -0.494 e. The lowest BCUT2D eigenvalue weighted by molar-refractivity contribution is -0.274. The minimum atomic E-state index is -4.84. The molecule has 1 N–H and O–H groups in total. The van der Waals surface area contributed by atoms with E-state index in [0.29, 0.717) is 28.3 Å². The lowest BCUT2D eigenvalue weighted by Crippen LogP contribution is -2.45. The molecule has 0 amide bonds. The summed E-state index contributed by atoms with van der Waals surface area (Å²) in [5.74, 6) is -0.0691. The molecular formula is C30H28F3N3O6S. The number of fused-ring (bicyclic) bond motifs is 3. The van der Waals surface area contributed by atoms with Crippen molar-refractivity contribution in [2.45, 2.75) is 75.6 Å². The molecule has 2 aromatic carbocycles. The molecule has 4 aromatic rings. The predicted molar refractivity (Wildman–Crippen MR) is 151 cm³/mol. The number of halogens is 3. The van der Waals surface area contributed by atoms with Gasteiger partial charge in [0.1, 0.15) is 28.5 Å². The topological polar surface area (TPSA) is 107 Å². The molecule has 1 saturated carbocycles. The maximum Gasteiger partial charge on any atom is 0.573 e. The van der Waals surface area contributed by atoms with Gasteiger partial charge in [0.2, 0.25) is 0 Å². The quantitative estimate of drug-likeness (QED) is 0.210. The summed E-state index contributed by atoms with van der Waals surface area (Å²) >= 11 is 1.46. The third-order valence-corrected chi connectivity index (χ3v) is 9.44. The Bertz CT molecular complexity index is 1670. The van der Waals surface area contributed by atoms with Gasteiger partial charge in [0.15, 0.2) is 5.13 Å². The van der Waals surface area contributed by atoms with Gasteiger partial charge in [-0.15, -0.1) is 13.2 Å². The highest BCUT2D eigenvalue weighted by molar-refractivity contribution is 7.22. The zero-order valence-electron chi connectivity index (χ0n) is 23.1. The van der Waals surface area contributed by atoms with Gasteiger partial charge in [-0.3, -0.25) is 0 Å². The van der Waals surface area contributed by atoms with E-state index in [1.54, 1.807) is 18.2 Å². The number of benzene rings is 2. The summed E-state index contributed by atoms with van der Waals surface area (Å²) in [6.45, 7) is 0.172. The van der Waals surface area contributed by atoms with E-state index in [2.05, 4.69) is 14.8 Å². The van der Waals surface area contributed by atoms with Gasteiger partial charge in [0, 0.05) is 29.1 Å². The average molecular weight is 616 g/mol. The van der Waals surface area contributed by atoms with Crippen molar-refractivity contribution in [3.05, 3.63) is 53.3 Å². The lowest BCUT2D eigenvalue weighted by atomic mass is 10.00. The smallest absolute Gasteiger partial charge is 0.494 e. The van der Waals surface area contributed by atoms with Crippen LogP contribution < -0.4 is 14.4 Å². The summed E-state index contributed by atoms with van der Waals surface area (Å²) in [4.78, 5) is 18.8. The number of ether oxygens (including phenoxy) is 3. The number of aromatic carboxylic acids is 1. The largest absolute Gasteiger partial charge is 0.573 e. The van der Waals surface area contributed by atoms with Crippen LogP contribution in [0, 0.1) is 0 Å². The SMILES string of the molecule is COc1cc(C(=O)O)cc2sc(N3[C@@H]4CC[C@H]3C[C@H](OCc3c(-c5ccccc5OC(F)(F)F)noc3C3CC3)C4)nc12. The molecule has 13 heteroatoms. The first-order chi connectivity index (χ1) is 20.7. The van der Waals surface area contributed by atoms with Crippen molar-refractivity contribution < 1.29 is 41.8 Å². The van der Waals surface area contributed by atoms with E-state index in [-0.39, 0.29) is 47.6 Å². The van der Waals surface area contributed by atoms with Gasteiger partial charge in [0.05, 0.1) is 30.1 Å². The van der Waals surface area contributed by atoms with Crippen LogP contribution in [0.1, 0.15) is 66.1 Å². The lowest BCUT2D eigenvalue weighted by Gasteiger charge is -2.38. The number of thiazole rings is 1. The second-order valence-corrected chi connectivity index (χ2v) is 12.2. The van der Waals surface area contributed by atoms with Gasteiger partial charge < -0.3 is 28.7 Å². The Hall–Kier alpha value is -3.84. The second kappa shape index (κ2) is 10.7. The van der Waals surface area contributed by atoms with Gasteiger partial charge in [-0.2, -0.15) is 0 Å². The summed E-state index contributed by atoms with van der Waals surface area (Å²) < 4.78 is 62.0. The van der Waals surface area contributed by atoms with Crippen LogP contribution in [0.3, 0.4) is 0 Å². The normalized spacial score (nSPS) is 21.9. The maximum absolute atomic E-state index is 13.1. The molecule has 0 spiro atoms. The number of alkyl halides is 3. The number of carbonyl (C=O) groups is 1. The first-order valence-electron chi connectivity index (χ1n) is 14.1. The molecule has 2 bridgehead atoms. The van der Waals surface area contributed by atoms with Crippen LogP contribution in [0.15, 0.2) is 40.9 Å². The Labute approximate surface area is 248 Å². The molecule has 0 radical (unpaired) electrons. The molecule has 2 saturated heterocycles. The van der Waals surface area contributed by atoms with E-state index < -0.39 is 12.3 Å². The number of rotatable bonds is 9. The highest BCUT2D eigenvalue weighted by atomic mass is 32.1. The van der Waals surface area contributed by atoms with E-state index >= 15 is 0 Å². The summed E-state index contributed by atoms with van der Waals surface area (Å²) in [6.07, 6.45) is 0.451. The third kappa shape index (κ3) is 5.40. The monoisotopic (exact) mass is 615 g/mol. The number of anilines is 1. The number of carboxylic acid groups (broad SMARTS) is 1. The molecule has 3 aliphatic rings. The number of hydrogen-bond acceptors (Lipinski definition) is 9. The Kier molecular flexibility index (Phi) is 6.96. The van der Waals surface area contributed by atoms with E-state index in [9.17, 15) is 23.1 Å². The van der Waals surface area contributed by atoms with Crippen LogP contribution in [0.5, 0.6) is 11.5 Å². The maximum atomic E-state index is 13.1. The van der Waals surface area contributed by atoms with Crippen LogP contribution in [0.4, 0.5) is 18.3 Å². The molecule has 226 valence electrons. The Balaban J connectivity index is 1.11. The van der Waals surface area contributed by atoms with Gasteiger partial charge in [-0.05, 0) is 62.8 Å². The third-order valence-electron chi connectivity index (χ3n) is 8.42. The van der Waals surface area contributed by atoms with E-state index in [0.717, 1.165) is 48.4 Å². The van der Waals surface area contributed by atoms with Gasteiger partial charge >= 0.3 is 12.3 Å². The highest BCUT2D eigenvalue weighted by Crippen LogP contribution is 2.47. The fourth-order valence-corrected chi connectivity index (χ4v) is 7.53. The van der Waals surface area contributed by atoms with E-state index in [1.807, 2.05) is 0 Å². The number of hydrogen-bond donors (Lipinski definition) is 1. The number of para-hydroxylation sites is 1. The Morgan fingerprint density at radius 2 is 1.86 bits per heavy atom. The number of carboxylic acids is 1. The first-order valence-corrected chi connectivity index (χ1v) is 15.0. The van der Waals surface area contributed by atoms with E-state index in [1.165, 1.54) is 36.6 Å². The van der Waals surface area contributed by atoms with Crippen molar-refractivity contribution in [2.75, 3.05) is 12.0 Å². The fraction of sp³-hybridized carbons (Fsp3) is 0.433. The van der Waals surface area contributed by atoms with Crippen LogP contribution >= 0.6 is 11.3 Å². The number of aromatic nitrogens is 2. The van der Waals surface area contributed by atoms with Crippen LogP contribution in [0.25, 0.3) is 21.5 Å². The predicted octanol–water partition coefficient (Wildman–Crippen LogP) is 7.15. The number of methoxy groups -OCH3 is 1. The molecule has 0 unspecified atom stereocenters. The van der Waals surface area contributed by atoms with Gasteiger partial charge in [0.25, 0.3) is 0 Å². The zero-order chi connectivity index (χ0) is 29.9. The second-order valence-electron chi connectivity index (χ2n) is 11.2. The Morgan fingerprint density at radius 1 is 1.12 bits per heavy atom.